The van der Waals surface area contributed by atoms with Gasteiger partial charge in [-0.15, -0.1) is 0 Å². The minimum Gasteiger partial charge on any atom is -0.350 e. The summed E-state index contributed by atoms with van der Waals surface area (Å²) in [7, 11) is 0. The zero-order valence-electron chi connectivity index (χ0n) is 6.45. The molecule has 0 radical (unpaired) electrons. The van der Waals surface area contributed by atoms with Crippen LogP contribution in [0.5, 0.6) is 0 Å². The smallest absolute Gasteiger partial charge is 0.245 e. The van der Waals surface area contributed by atoms with Gasteiger partial charge in [0.1, 0.15) is 0 Å². The summed E-state index contributed by atoms with van der Waals surface area (Å²) in [6, 6.07) is 0. The van der Waals surface area contributed by atoms with Crippen molar-refractivity contribution in [3.8, 4) is 0 Å². The predicted octanol–water partition coefficient (Wildman–Crippen LogP) is -1.28. The van der Waals surface area contributed by atoms with Crippen LogP contribution in [0.2, 0.25) is 0 Å². The molecule has 4 nitrogen and oxygen atoms in total. The summed E-state index contributed by atoms with van der Waals surface area (Å²) in [6.07, 6.45) is 1.14. The molecule has 0 atom stereocenters. The van der Waals surface area contributed by atoms with E-state index >= 15 is 0 Å². The third-order valence-electron chi connectivity index (χ3n) is 1.86. The Morgan fingerprint density at radius 3 is 2.36 bits per heavy atom. The van der Waals surface area contributed by atoms with Crippen LogP contribution < -0.4 is 5.32 Å². The van der Waals surface area contributed by atoms with E-state index in [0.29, 0.717) is 13.1 Å². The van der Waals surface area contributed by atoms with Crippen molar-refractivity contribution in [2.24, 2.45) is 0 Å². The van der Waals surface area contributed by atoms with Gasteiger partial charge in [0.25, 0.3) is 0 Å². The van der Waals surface area contributed by atoms with Gasteiger partial charge in [0.15, 0.2) is 0 Å². The molecule has 0 unspecified atom stereocenters. The normalized spacial score (nSPS) is 21.6. The molecule has 0 aliphatic carbocycles. The van der Waals surface area contributed by atoms with E-state index in [0.717, 1.165) is 19.2 Å². The molecule has 0 bridgehead atoms. The number of piperazine rings is 1. The zero-order chi connectivity index (χ0) is 8.32. The van der Waals surface area contributed by atoms with Crippen LogP contribution in [0.15, 0.2) is 12.7 Å². The van der Waals surface area contributed by atoms with Crippen LogP contribution in [0.3, 0.4) is 0 Å². The van der Waals surface area contributed by atoms with E-state index in [2.05, 4.69) is 11.9 Å². The monoisotopic (exact) mass is 158 g/mol. The molecule has 3 N–H and O–H groups in total. The van der Waals surface area contributed by atoms with Gasteiger partial charge in [-0.3, -0.25) is 0 Å². The van der Waals surface area contributed by atoms with Gasteiger partial charge in [-0.2, -0.15) is 0 Å². The Hall–Kier alpha value is -0.420. The van der Waals surface area contributed by atoms with E-state index in [1.54, 1.807) is 4.90 Å². The van der Waals surface area contributed by atoms with Crippen molar-refractivity contribution in [3.05, 3.63) is 12.7 Å². The molecule has 1 aliphatic rings. The Balaban J connectivity index is 2.50. The van der Waals surface area contributed by atoms with Crippen LogP contribution in [-0.4, -0.2) is 47.2 Å². The summed E-state index contributed by atoms with van der Waals surface area (Å²) in [4.78, 5) is 1.57. The molecule has 0 aromatic rings. The molecule has 0 saturated carbocycles. The summed E-state index contributed by atoms with van der Waals surface area (Å²) in [5.41, 5.74) is 0. The Bertz CT molecular complexity index is 141. The lowest BCUT2D eigenvalue weighted by atomic mass is 10.3. The Morgan fingerprint density at radius 1 is 1.36 bits per heavy atom. The van der Waals surface area contributed by atoms with Crippen LogP contribution in [0, 0.1) is 0 Å². The summed E-state index contributed by atoms with van der Waals surface area (Å²) in [6.45, 7) is 6.20. The van der Waals surface area contributed by atoms with E-state index in [1.807, 2.05) is 0 Å². The van der Waals surface area contributed by atoms with Crippen molar-refractivity contribution in [3.63, 3.8) is 0 Å². The Morgan fingerprint density at radius 2 is 1.91 bits per heavy atom. The first-order chi connectivity index (χ1) is 5.17. The van der Waals surface area contributed by atoms with Gasteiger partial charge in [0, 0.05) is 26.2 Å². The minimum absolute atomic E-state index is 0.638. The fourth-order valence-corrected chi connectivity index (χ4v) is 1.12. The van der Waals surface area contributed by atoms with Gasteiger partial charge in [0.2, 0.25) is 5.91 Å². The fraction of sp³-hybridized carbons (Fsp3) is 0.714. The van der Waals surface area contributed by atoms with Crippen LogP contribution in [0.4, 0.5) is 0 Å². The van der Waals surface area contributed by atoms with E-state index in [9.17, 15) is 10.2 Å². The van der Waals surface area contributed by atoms with E-state index < -0.39 is 5.91 Å². The average Bonchev–Trinajstić information content (AvgIpc) is 2.06. The van der Waals surface area contributed by atoms with Gasteiger partial charge in [-0.1, -0.05) is 6.58 Å². The fourth-order valence-electron chi connectivity index (χ4n) is 1.12. The maximum atomic E-state index is 9.28. The molecule has 1 fully saturated rings. The summed E-state index contributed by atoms with van der Waals surface area (Å²) in [5, 5.41) is 21.7. The third kappa shape index (κ3) is 2.00. The van der Waals surface area contributed by atoms with Crippen LogP contribution in [0.1, 0.15) is 0 Å². The average molecular weight is 158 g/mol. The van der Waals surface area contributed by atoms with Crippen molar-refractivity contribution >= 4 is 0 Å². The second kappa shape index (κ2) is 3.32. The quantitative estimate of drug-likeness (QED) is 0.346. The highest BCUT2D eigenvalue weighted by molar-refractivity contribution is 4.87. The van der Waals surface area contributed by atoms with Crippen molar-refractivity contribution in [2.45, 2.75) is 5.91 Å². The van der Waals surface area contributed by atoms with Crippen molar-refractivity contribution in [1.82, 2.24) is 10.2 Å². The molecule has 11 heavy (non-hydrogen) atoms. The molecule has 0 spiro atoms. The largest absolute Gasteiger partial charge is 0.350 e. The maximum absolute atomic E-state index is 9.28. The highest BCUT2D eigenvalue weighted by Gasteiger charge is 2.28. The molecule has 1 heterocycles. The predicted molar refractivity (Wildman–Crippen MR) is 41.8 cm³/mol. The lowest BCUT2D eigenvalue weighted by molar-refractivity contribution is -0.228. The summed E-state index contributed by atoms with van der Waals surface area (Å²) in [5.74, 6) is -1.83. The Kier molecular flexibility index (Phi) is 2.62. The zero-order valence-corrected chi connectivity index (χ0v) is 6.45. The van der Waals surface area contributed by atoms with Gasteiger partial charge in [-0.05, 0) is 6.08 Å². The molecule has 1 saturated heterocycles. The number of rotatable bonds is 2. The van der Waals surface area contributed by atoms with Crippen LogP contribution >= 0.6 is 0 Å². The highest BCUT2D eigenvalue weighted by atomic mass is 16.5. The molecule has 1 rings (SSSR count). The van der Waals surface area contributed by atoms with Crippen molar-refractivity contribution in [2.75, 3.05) is 26.2 Å². The molecule has 0 amide bonds. The lowest BCUT2D eigenvalue weighted by Crippen LogP contribution is -2.55. The first kappa shape index (κ1) is 8.67. The molecule has 4 heteroatoms. The number of hydrogen-bond donors (Lipinski definition) is 3. The lowest BCUT2D eigenvalue weighted by Gasteiger charge is -2.35. The molecule has 1 aliphatic heterocycles. The second-order valence-corrected chi connectivity index (χ2v) is 2.63. The standard InChI is InChI=1S/C7H14N2O2/c1-2-7(10,11)9-5-3-8-4-6-9/h2,8,10-11H,1,3-6H2. The molecular weight excluding hydrogens is 144 g/mol. The first-order valence-electron chi connectivity index (χ1n) is 3.71. The van der Waals surface area contributed by atoms with Gasteiger partial charge < -0.3 is 15.5 Å². The summed E-state index contributed by atoms with van der Waals surface area (Å²) < 4.78 is 0. The van der Waals surface area contributed by atoms with Gasteiger partial charge in [0.05, 0.1) is 0 Å². The van der Waals surface area contributed by atoms with Crippen LogP contribution in [0.25, 0.3) is 0 Å². The topological polar surface area (TPSA) is 55.7 Å². The SMILES string of the molecule is C=CC(O)(O)N1CCNCC1. The van der Waals surface area contributed by atoms with Gasteiger partial charge >= 0.3 is 0 Å². The molecule has 0 aromatic heterocycles. The number of nitrogens with one attached hydrogen (secondary N) is 1. The molecular formula is C7H14N2O2. The van der Waals surface area contributed by atoms with E-state index in [1.165, 1.54) is 0 Å². The van der Waals surface area contributed by atoms with Crippen molar-refractivity contribution in [1.29, 1.82) is 0 Å². The van der Waals surface area contributed by atoms with E-state index in [4.69, 9.17) is 0 Å². The van der Waals surface area contributed by atoms with Crippen LogP contribution in [-0.2, 0) is 0 Å². The molecule has 0 aromatic carbocycles. The Labute approximate surface area is 66.1 Å². The van der Waals surface area contributed by atoms with Gasteiger partial charge in [-0.25, -0.2) is 4.90 Å². The summed E-state index contributed by atoms with van der Waals surface area (Å²) >= 11 is 0. The third-order valence-corrected chi connectivity index (χ3v) is 1.86. The first-order valence-corrected chi connectivity index (χ1v) is 3.71. The second-order valence-electron chi connectivity index (χ2n) is 2.63. The van der Waals surface area contributed by atoms with Crippen molar-refractivity contribution < 1.29 is 10.2 Å². The minimum atomic E-state index is -1.83. The highest BCUT2D eigenvalue weighted by Crippen LogP contribution is 2.09. The number of aliphatic hydroxyl groups is 2. The van der Waals surface area contributed by atoms with E-state index in [-0.39, 0.29) is 0 Å². The maximum Gasteiger partial charge on any atom is 0.245 e. The molecule has 64 valence electrons. The number of hydrogen-bond acceptors (Lipinski definition) is 4. The number of nitrogens with zero attached hydrogens (tertiary/aromatic N) is 1.